The molecule has 0 radical (unpaired) electrons. The molecule has 1 amide bonds. The molecule has 1 aromatic rings. The van der Waals surface area contributed by atoms with Crippen molar-refractivity contribution in [3.05, 3.63) is 21.7 Å². The SMILES string of the molecule is O=C(CSc1nc(=O)n(C[C@@H]2CCCO2)c2c1CCC2)NC1CCCCC1. The molecule has 0 bridgehead atoms. The van der Waals surface area contributed by atoms with Crippen LogP contribution in [-0.2, 0) is 28.9 Å². The minimum absolute atomic E-state index is 0.0592. The van der Waals surface area contributed by atoms with E-state index in [4.69, 9.17) is 4.74 Å². The number of aromatic nitrogens is 2. The number of hydrogen-bond donors (Lipinski definition) is 1. The van der Waals surface area contributed by atoms with Crippen LogP contribution in [-0.4, -0.2) is 40.0 Å². The van der Waals surface area contributed by atoms with Gasteiger partial charge in [-0.25, -0.2) is 4.79 Å². The fourth-order valence-electron chi connectivity index (χ4n) is 4.54. The predicted octanol–water partition coefficient (Wildman–Crippen LogP) is 2.45. The van der Waals surface area contributed by atoms with Gasteiger partial charge in [-0.1, -0.05) is 31.0 Å². The van der Waals surface area contributed by atoms with Gasteiger partial charge in [-0.05, 0) is 44.9 Å². The van der Waals surface area contributed by atoms with Gasteiger partial charge >= 0.3 is 5.69 Å². The molecule has 27 heavy (non-hydrogen) atoms. The van der Waals surface area contributed by atoms with Crippen molar-refractivity contribution in [2.75, 3.05) is 12.4 Å². The van der Waals surface area contributed by atoms with Gasteiger partial charge < -0.3 is 10.1 Å². The monoisotopic (exact) mass is 391 g/mol. The second kappa shape index (κ2) is 8.78. The highest BCUT2D eigenvalue weighted by Gasteiger charge is 2.25. The van der Waals surface area contributed by atoms with Crippen molar-refractivity contribution in [2.24, 2.45) is 0 Å². The Bertz CT molecular complexity index is 737. The Hall–Kier alpha value is -1.34. The number of hydrogen-bond acceptors (Lipinski definition) is 5. The number of thioether (sulfide) groups is 1. The normalized spacial score (nSPS) is 22.7. The molecule has 7 heteroatoms. The van der Waals surface area contributed by atoms with E-state index in [9.17, 15) is 9.59 Å². The molecule has 1 aromatic heterocycles. The standard InChI is InChI=1S/C20H29N3O3S/c24-18(21-14-6-2-1-3-7-14)13-27-19-16-9-4-10-17(16)23(20(25)22-19)12-15-8-5-11-26-15/h14-15H,1-13H2,(H,21,24)/t15-/m0/s1. The van der Waals surface area contributed by atoms with Gasteiger partial charge in [0.15, 0.2) is 0 Å². The summed E-state index contributed by atoms with van der Waals surface area (Å²) < 4.78 is 7.53. The second-order valence-electron chi connectivity index (χ2n) is 7.92. The number of rotatable bonds is 6. The van der Waals surface area contributed by atoms with E-state index in [0.29, 0.717) is 18.3 Å². The Morgan fingerprint density at radius 2 is 2.00 bits per heavy atom. The summed E-state index contributed by atoms with van der Waals surface area (Å²) in [7, 11) is 0. The van der Waals surface area contributed by atoms with Crippen molar-refractivity contribution in [1.29, 1.82) is 0 Å². The van der Waals surface area contributed by atoms with Crippen molar-refractivity contribution in [3.8, 4) is 0 Å². The van der Waals surface area contributed by atoms with Gasteiger partial charge in [0.05, 0.1) is 18.4 Å². The highest BCUT2D eigenvalue weighted by molar-refractivity contribution is 7.99. The summed E-state index contributed by atoms with van der Waals surface area (Å²) in [6.45, 7) is 1.40. The van der Waals surface area contributed by atoms with Gasteiger partial charge in [-0.2, -0.15) is 4.98 Å². The van der Waals surface area contributed by atoms with Crippen molar-refractivity contribution < 1.29 is 9.53 Å². The maximum atomic E-state index is 12.6. The maximum Gasteiger partial charge on any atom is 0.348 e. The average molecular weight is 392 g/mol. The molecular weight excluding hydrogens is 362 g/mol. The lowest BCUT2D eigenvalue weighted by atomic mass is 9.95. The second-order valence-corrected chi connectivity index (χ2v) is 8.88. The van der Waals surface area contributed by atoms with Crippen LogP contribution < -0.4 is 11.0 Å². The van der Waals surface area contributed by atoms with Gasteiger partial charge in [0.2, 0.25) is 5.91 Å². The lowest BCUT2D eigenvalue weighted by Crippen LogP contribution is -2.37. The summed E-state index contributed by atoms with van der Waals surface area (Å²) in [5, 5.41) is 3.90. The smallest absolute Gasteiger partial charge is 0.348 e. The summed E-state index contributed by atoms with van der Waals surface area (Å²) in [6, 6.07) is 0.324. The molecule has 0 spiro atoms. The van der Waals surface area contributed by atoms with Gasteiger partial charge in [-0.15, -0.1) is 0 Å². The minimum atomic E-state index is -0.193. The first-order valence-electron chi connectivity index (χ1n) is 10.4. The maximum absolute atomic E-state index is 12.6. The Labute approximate surface area is 164 Å². The quantitative estimate of drug-likeness (QED) is 0.596. The Balaban J connectivity index is 1.42. The molecule has 1 saturated carbocycles. The Kier molecular flexibility index (Phi) is 6.18. The first-order chi connectivity index (χ1) is 13.2. The van der Waals surface area contributed by atoms with Crippen molar-refractivity contribution in [2.45, 2.75) is 87.9 Å². The third kappa shape index (κ3) is 4.57. The first-order valence-corrected chi connectivity index (χ1v) is 11.4. The minimum Gasteiger partial charge on any atom is -0.376 e. The number of carbonyl (C=O) groups excluding carboxylic acids is 1. The van der Waals surface area contributed by atoms with Crippen molar-refractivity contribution >= 4 is 17.7 Å². The number of nitrogens with one attached hydrogen (secondary N) is 1. The van der Waals surface area contributed by atoms with E-state index in [1.807, 2.05) is 4.57 Å². The molecule has 2 heterocycles. The first kappa shape index (κ1) is 19.0. The van der Waals surface area contributed by atoms with Crippen molar-refractivity contribution in [1.82, 2.24) is 14.9 Å². The Morgan fingerprint density at radius 3 is 2.78 bits per heavy atom. The van der Waals surface area contributed by atoms with Gasteiger partial charge in [0, 0.05) is 23.9 Å². The predicted molar refractivity (Wildman–Crippen MR) is 105 cm³/mol. The van der Waals surface area contributed by atoms with Gasteiger partial charge in [0.1, 0.15) is 5.03 Å². The van der Waals surface area contributed by atoms with E-state index in [1.165, 1.54) is 36.6 Å². The Morgan fingerprint density at radius 1 is 1.15 bits per heavy atom. The average Bonchev–Trinajstić information content (AvgIpc) is 3.35. The lowest BCUT2D eigenvalue weighted by molar-refractivity contribution is -0.119. The molecule has 148 valence electrons. The molecule has 1 atom stereocenters. The molecular formula is C20H29N3O3S. The highest BCUT2D eigenvalue weighted by atomic mass is 32.2. The third-order valence-electron chi connectivity index (χ3n) is 5.92. The third-order valence-corrected chi connectivity index (χ3v) is 6.94. The zero-order valence-corrected chi connectivity index (χ0v) is 16.7. The van der Waals surface area contributed by atoms with Crippen LogP contribution in [0, 0.1) is 0 Å². The number of nitrogens with zero attached hydrogens (tertiary/aromatic N) is 2. The van der Waals surface area contributed by atoms with Crippen LogP contribution in [0.25, 0.3) is 0 Å². The summed E-state index contributed by atoms with van der Waals surface area (Å²) in [5.41, 5.74) is 2.09. The van der Waals surface area contributed by atoms with Crippen LogP contribution in [0.3, 0.4) is 0 Å². The summed E-state index contributed by atoms with van der Waals surface area (Å²) in [4.78, 5) is 29.3. The fraction of sp³-hybridized carbons (Fsp3) is 0.750. The molecule has 1 aliphatic heterocycles. The van der Waals surface area contributed by atoms with E-state index in [-0.39, 0.29) is 17.7 Å². The molecule has 2 aliphatic carbocycles. The van der Waals surface area contributed by atoms with E-state index in [0.717, 1.165) is 62.3 Å². The molecule has 2 fully saturated rings. The summed E-state index contributed by atoms with van der Waals surface area (Å²) in [5.74, 6) is 0.398. The topological polar surface area (TPSA) is 73.2 Å². The molecule has 3 aliphatic rings. The van der Waals surface area contributed by atoms with E-state index >= 15 is 0 Å². The van der Waals surface area contributed by atoms with Crippen LogP contribution in [0.4, 0.5) is 0 Å². The largest absolute Gasteiger partial charge is 0.376 e. The lowest BCUT2D eigenvalue weighted by Gasteiger charge is -2.22. The van der Waals surface area contributed by atoms with Crippen LogP contribution in [0.15, 0.2) is 9.82 Å². The zero-order chi connectivity index (χ0) is 18.6. The van der Waals surface area contributed by atoms with Crippen LogP contribution in [0.5, 0.6) is 0 Å². The molecule has 1 N–H and O–H groups in total. The number of amides is 1. The van der Waals surface area contributed by atoms with Gasteiger partial charge in [0.25, 0.3) is 0 Å². The summed E-state index contributed by atoms with van der Waals surface area (Å²) >= 11 is 1.42. The summed E-state index contributed by atoms with van der Waals surface area (Å²) in [6.07, 6.45) is 11.0. The fourth-order valence-corrected chi connectivity index (χ4v) is 5.42. The molecule has 1 saturated heterocycles. The molecule has 6 nitrogen and oxygen atoms in total. The molecule has 4 rings (SSSR count). The zero-order valence-electron chi connectivity index (χ0n) is 15.9. The van der Waals surface area contributed by atoms with E-state index in [1.54, 1.807) is 0 Å². The highest BCUT2D eigenvalue weighted by Crippen LogP contribution is 2.30. The number of carbonyl (C=O) groups is 1. The van der Waals surface area contributed by atoms with Crippen molar-refractivity contribution in [3.63, 3.8) is 0 Å². The van der Waals surface area contributed by atoms with E-state index < -0.39 is 0 Å². The van der Waals surface area contributed by atoms with Crippen LogP contribution >= 0.6 is 11.8 Å². The number of fused-ring (bicyclic) bond motifs is 1. The van der Waals surface area contributed by atoms with E-state index in [2.05, 4.69) is 10.3 Å². The van der Waals surface area contributed by atoms with Crippen LogP contribution in [0.2, 0.25) is 0 Å². The number of ether oxygens (including phenoxy) is 1. The molecule has 0 aromatic carbocycles. The van der Waals surface area contributed by atoms with Crippen LogP contribution in [0.1, 0.15) is 62.6 Å². The van der Waals surface area contributed by atoms with Gasteiger partial charge in [-0.3, -0.25) is 9.36 Å². The molecule has 0 unspecified atom stereocenters.